The van der Waals surface area contributed by atoms with Crippen molar-refractivity contribution in [2.75, 3.05) is 32.9 Å². The first-order valence-corrected chi connectivity index (χ1v) is 7.23. The van der Waals surface area contributed by atoms with E-state index in [2.05, 4.69) is 4.90 Å². The van der Waals surface area contributed by atoms with Crippen LogP contribution in [0.5, 0.6) is 0 Å². The zero-order valence-electron chi connectivity index (χ0n) is 11.0. The summed E-state index contributed by atoms with van der Waals surface area (Å²) in [6.07, 6.45) is 7.41. The lowest BCUT2D eigenvalue weighted by molar-refractivity contribution is -0.124. The minimum absolute atomic E-state index is 0.251. The Morgan fingerprint density at radius 2 is 2.17 bits per heavy atom. The van der Waals surface area contributed by atoms with Gasteiger partial charge in [0.25, 0.3) is 0 Å². The Morgan fingerprint density at radius 3 is 2.94 bits per heavy atom. The van der Waals surface area contributed by atoms with Crippen LogP contribution in [0.25, 0.3) is 0 Å². The fourth-order valence-corrected chi connectivity index (χ4v) is 3.66. The van der Waals surface area contributed by atoms with Crippen LogP contribution in [0.1, 0.15) is 32.1 Å². The number of hydrogen-bond donors (Lipinski definition) is 0. The second-order valence-electron chi connectivity index (χ2n) is 6.01. The molecule has 3 unspecified atom stereocenters. The molecule has 0 aromatic carbocycles. The van der Waals surface area contributed by atoms with Gasteiger partial charge in [0.05, 0.1) is 24.7 Å². The lowest BCUT2D eigenvalue weighted by Gasteiger charge is -2.45. The topological polar surface area (TPSA) is 38.8 Å². The van der Waals surface area contributed by atoms with Crippen LogP contribution in [-0.2, 0) is 14.3 Å². The predicted molar refractivity (Wildman–Crippen MR) is 67.5 cm³/mol. The summed E-state index contributed by atoms with van der Waals surface area (Å²) in [5.74, 6) is 0. The number of carbonyl (C=O) groups is 1. The van der Waals surface area contributed by atoms with E-state index in [4.69, 9.17) is 9.47 Å². The summed E-state index contributed by atoms with van der Waals surface area (Å²) in [6.45, 7) is 3.98. The van der Waals surface area contributed by atoms with Gasteiger partial charge in [-0.2, -0.15) is 0 Å². The molecule has 0 amide bonds. The third-order valence-electron chi connectivity index (χ3n) is 4.75. The Bertz CT molecular complexity index is 299. The summed E-state index contributed by atoms with van der Waals surface area (Å²) in [4.78, 5) is 13.9. The average molecular weight is 253 g/mol. The van der Waals surface area contributed by atoms with Crippen molar-refractivity contribution < 1.29 is 14.3 Å². The van der Waals surface area contributed by atoms with Crippen LogP contribution in [0.2, 0.25) is 0 Å². The van der Waals surface area contributed by atoms with E-state index >= 15 is 0 Å². The molecule has 2 saturated heterocycles. The fraction of sp³-hybridized carbons (Fsp3) is 0.929. The first-order valence-electron chi connectivity index (χ1n) is 7.23. The fourth-order valence-electron chi connectivity index (χ4n) is 3.66. The number of fused-ring (bicyclic) bond motifs is 1. The molecule has 0 radical (unpaired) electrons. The van der Waals surface area contributed by atoms with Gasteiger partial charge in [-0.15, -0.1) is 0 Å². The molecule has 102 valence electrons. The summed E-state index contributed by atoms with van der Waals surface area (Å²) in [5, 5.41) is 0. The van der Waals surface area contributed by atoms with Gasteiger partial charge in [-0.1, -0.05) is 12.8 Å². The highest BCUT2D eigenvalue weighted by molar-refractivity contribution is 5.60. The quantitative estimate of drug-likeness (QED) is 0.709. The molecule has 2 aliphatic heterocycles. The third-order valence-corrected chi connectivity index (χ3v) is 4.75. The van der Waals surface area contributed by atoms with Crippen molar-refractivity contribution in [3.63, 3.8) is 0 Å². The predicted octanol–water partition coefficient (Wildman–Crippen LogP) is 1.24. The number of nitrogens with zero attached hydrogens (tertiary/aromatic N) is 1. The Balaban J connectivity index is 1.68. The average Bonchev–Trinajstić information content (AvgIpc) is 2.88. The van der Waals surface area contributed by atoms with Crippen molar-refractivity contribution >= 4 is 6.29 Å². The van der Waals surface area contributed by atoms with E-state index in [1.165, 1.54) is 25.7 Å². The molecule has 3 rings (SSSR count). The van der Waals surface area contributed by atoms with Crippen LogP contribution in [0, 0.1) is 5.41 Å². The van der Waals surface area contributed by atoms with E-state index in [9.17, 15) is 4.79 Å². The molecule has 4 nitrogen and oxygen atoms in total. The molecule has 18 heavy (non-hydrogen) atoms. The summed E-state index contributed by atoms with van der Waals surface area (Å²) in [7, 11) is 0. The van der Waals surface area contributed by atoms with Gasteiger partial charge >= 0.3 is 0 Å². The summed E-state index contributed by atoms with van der Waals surface area (Å²) >= 11 is 0. The second-order valence-corrected chi connectivity index (χ2v) is 6.01. The molecule has 0 bridgehead atoms. The molecule has 3 aliphatic rings. The number of morpholine rings is 1. The van der Waals surface area contributed by atoms with Crippen LogP contribution in [0.4, 0.5) is 0 Å². The van der Waals surface area contributed by atoms with Gasteiger partial charge < -0.3 is 14.3 Å². The second kappa shape index (κ2) is 5.27. The SMILES string of the molecule is O=CC1(CN2CCOC3CCCCC32)CCOC1. The van der Waals surface area contributed by atoms with Crippen LogP contribution < -0.4 is 0 Å². The maximum atomic E-state index is 11.4. The molecular weight excluding hydrogens is 230 g/mol. The number of rotatable bonds is 3. The first-order chi connectivity index (χ1) is 8.83. The summed E-state index contributed by atoms with van der Waals surface area (Å²) in [5.41, 5.74) is -0.251. The molecule has 0 aromatic rings. The maximum absolute atomic E-state index is 11.4. The number of hydrogen-bond acceptors (Lipinski definition) is 4. The van der Waals surface area contributed by atoms with E-state index in [-0.39, 0.29) is 5.41 Å². The number of carbonyl (C=O) groups excluding carboxylic acids is 1. The van der Waals surface area contributed by atoms with Gasteiger partial charge in [0.2, 0.25) is 0 Å². The van der Waals surface area contributed by atoms with Crippen LogP contribution >= 0.6 is 0 Å². The van der Waals surface area contributed by atoms with Gasteiger partial charge in [0, 0.05) is 25.7 Å². The lowest BCUT2D eigenvalue weighted by Crippen LogP contribution is -2.55. The minimum Gasteiger partial charge on any atom is -0.380 e. The van der Waals surface area contributed by atoms with Crippen molar-refractivity contribution in [1.29, 1.82) is 0 Å². The Kier molecular flexibility index (Phi) is 3.68. The molecule has 3 atom stereocenters. The molecule has 3 fully saturated rings. The minimum atomic E-state index is -0.251. The zero-order chi connectivity index (χ0) is 12.4. The van der Waals surface area contributed by atoms with Crippen molar-refractivity contribution in [2.45, 2.75) is 44.2 Å². The third kappa shape index (κ3) is 2.33. The largest absolute Gasteiger partial charge is 0.380 e. The lowest BCUT2D eigenvalue weighted by atomic mass is 9.85. The highest BCUT2D eigenvalue weighted by Crippen LogP contribution is 2.33. The summed E-state index contributed by atoms with van der Waals surface area (Å²) in [6, 6.07) is 0.532. The molecule has 4 heteroatoms. The van der Waals surface area contributed by atoms with Gasteiger partial charge in [-0.3, -0.25) is 4.90 Å². The Labute approximate surface area is 109 Å². The van der Waals surface area contributed by atoms with E-state index in [0.29, 0.717) is 18.8 Å². The Morgan fingerprint density at radius 1 is 1.28 bits per heavy atom. The molecule has 1 aliphatic carbocycles. The molecule has 1 saturated carbocycles. The number of ether oxygens (including phenoxy) is 2. The highest BCUT2D eigenvalue weighted by Gasteiger charge is 2.41. The molecule has 0 spiro atoms. The van der Waals surface area contributed by atoms with E-state index in [0.717, 1.165) is 39.0 Å². The molecular formula is C14H23NO3. The van der Waals surface area contributed by atoms with E-state index in [1.807, 2.05) is 0 Å². The van der Waals surface area contributed by atoms with Crippen LogP contribution in [0.15, 0.2) is 0 Å². The highest BCUT2D eigenvalue weighted by atomic mass is 16.5. The monoisotopic (exact) mass is 253 g/mol. The maximum Gasteiger partial charge on any atom is 0.129 e. The normalized spacial score (nSPS) is 41.6. The summed E-state index contributed by atoms with van der Waals surface area (Å²) < 4.78 is 11.3. The van der Waals surface area contributed by atoms with Crippen molar-refractivity contribution in [1.82, 2.24) is 4.90 Å². The van der Waals surface area contributed by atoms with Crippen molar-refractivity contribution in [3.05, 3.63) is 0 Å². The van der Waals surface area contributed by atoms with Gasteiger partial charge in [0.1, 0.15) is 6.29 Å². The zero-order valence-corrected chi connectivity index (χ0v) is 11.0. The van der Waals surface area contributed by atoms with Gasteiger partial charge in [0.15, 0.2) is 0 Å². The van der Waals surface area contributed by atoms with E-state index < -0.39 is 0 Å². The van der Waals surface area contributed by atoms with Gasteiger partial charge in [-0.25, -0.2) is 0 Å². The van der Waals surface area contributed by atoms with Gasteiger partial charge in [-0.05, 0) is 19.3 Å². The Hall–Kier alpha value is -0.450. The van der Waals surface area contributed by atoms with Crippen molar-refractivity contribution in [3.8, 4) is 0 Å². The van der Waals surface area contributed by atoms with Crippen molar-refractivity contribution in [2.24, 2.45) is 5.41 Å². The number of aldehydes is 1. The van der Waals surface area contributed by atoms with Crippen LogP contribution in [-0.4, -0.2) is 56.2 Å². The molecule has 2 heterocycles. The molecule has 0 aromatic heterocycles. The standard InChI is InChI=1S/C14H23NO3/c16-10-14(5-7-17-11-14)9-15-6-8-18-13-4-2-1-3-12(13)15/h10,12-13H,1-9,11H2. The van der Waals surface area contributed by atoms with Crippen LogP contribution in [0.3, 0.4) is 0 Å². The smallest absolute Gasteiger partial charge is 0.129 e. The van der Waals surface area contributed by atoms with E-state index in [1.54, 1.807) is 0 Å². The first kappa shape index (κ1) is 12.6. The molecule has 0 N–H and O–H groups in total.